The molecule has 0 saturated carbocycles. The predicted octanol–water partition coefficient (Wildman–Crippen LogP) is 3.22. The van der Waals surface area contributed by atoms with Crippen LogP contribution in [-0.4, -0.2) is 41.8 Å². The molecule has 0 unspecified atom stereocenters. The third-order valence-electron chi connectivity index (χ3n) is 3.83. The quantitative estimate of drug-likeness (QED) is 0.793. The van der Waals surface area contributed by atoms with Crippen LogP contribution < -0.4 is 4.90 Å². The lowest BCUT2D eigenvalue weighted by molar-refractivity contribution is -0.00546. The number of ether oxygens (including phenoxy) is 1. The molecule has 8 heteroatoms. The molecule has 128 valence electrons. The Labute approximate surface area is 142 Å². The molecule has 5 nitrogen and oxygen atoms in total. The standard InChI is InChI=1S/C16H17F2N3O2S/c1-8-5-21(6-9(2)23-8)15-11(7-22)4-12(13(17)14(15)18)16-20-19-10(3)24-16/h4,7-9H,5-6H2,1-3H3/t8-,9-/m1/s1. The molecular formula is C16H17F2N3O2S. The summed E-state index contributed by atoms with van der Waals surface area (Å²) in [7, 11) is 0. The molecule has 0 aliphatic carbocycles. The van der Waals surface area contributed by atoms with Crippen molar-refractivity contribution in [3.8, 4) is 10.6 Å². The van der Waals surface area contributed by atoms with Crippen LogP contribution in [0.4, 0.5) is 14.5 Å². The maximum Gasteiger partial charge on any atom is 0.183 e. The van der Waals surface area contributed by atoms with Gasteiger partial charge in [0.1, 0.15) is 5.01 Å². The van der Waals surface area contributed by atoms with Crippen molar-refractivity contribution >= 4 is 23.3 Å². The molecule has 0 N–H and O–H groups in total. The minimum absolute atomic E-state index is 0.0190. The number of aryl methyl sites for hydroxylation is 1. The van der Waals surface area contributed by atoms with Gasteiger partial charge in [0.15, 0.2) is 22.9 Å². The van der Waals surface area contributed by atoms with E-state index >= 15 is 0 Å². The summed E-state index contributed by atoms with van der Waals surface area (Å²) in [6.07, 6.45) is 0.266. The van der Waals surface area contributed by atoms with Crippen molar-refractivity contribution in [2.24, 2.45) is 0 Å². The Morgan fingerprint density at radius 2 is 1.92 bits per heavy atom. The van der Waals surface area contributed by atoms with Gasteiger partial charge in [-0.3, -0.25) is 4.79 Å². The maximum atomic E-state index is 14.8. The Morgan fingerprint density at radius 3 is 2.46 bits per heavy atom. The van der Waals surface area contributed by atoms with E-state index in [1.54, 1.807) is 11.8 Å². The number of morpholine rings is 1. The molecule has 3 rings (SSSR count). The van der Waals surface area contributed by atoms with Gasteiger partial charge in [-0.25, -0.2) is 8.78 Å². The van der Waals surface area contributed by atoms with Gasteiger partial charge >= 0.3 is 0 Å². The van der Waals surface area contributed by atoms with Crippen molar-refractivity contribution in [1.82, 2.24) is 10.2 Å². The minimum Gasteiger partial charge on any atom is -0.372 e. The highest BCUT2D eigenvalue weighted by molar-refractivity contribution is 7.14. The Morgan fingerprint density at radius 1 is 1.25 bits per heavy atom. The molecule has 2 heterocycles. The summed E-state index contributed by atoms with van der Waals surface area (Å²) in [6.45, 7) is 6.21. The third kappa shape index (κ3) is 3.03. The molecule has 0 amide bonds. The van der Waals surface area contributed by atoms with Crippen LogP contribution in [0.2, 0.25) is 0 Å². The minimum atomic E-state index is -1.04. The number of aromatic nitrogens is 2. The Bertz CT molecular complexity index is 771. The Balaban J connectivity index is 2.11. The lowest BCUT2D eigenvalue weighted by atomic mass is 10.1. The molecule has 2 atom stereocenters. The first-order chi connectivity index (χ1) is 11.4. The molecule has 2 aromatic rings. The van der Waals surface area contributed by atoms with Crippen LogP contribution in [0, 0.1) is 18.6 Å². The van der Waals surface area contributed by atoms with Crippen LogP contribution in [0.15, 0.2) is 6.07 Å². The second-order valence-corrected chi connectivity index (χ2v) is 7.08. The molecule has 1 aromatic carbocycles. The lowest BCUT2D eigenvalue weighted by Crippen LogP contribution is -2.46. The first-order valence-electron chi connectivity index (χ1n) is 7.58. The van der Waals surface area contributed by atoms with E-state index in [1.165, 1.54) is 6.07 Å². The van der Waals surface area contributed by atoms with Crippen molar-refractivity contribution < 1.29 is 18.3 Å². The van der Waals surface area contributed by atoms with Gasteiger partial charge in [-0.05, 0) is 26.8 Å². The monoisotopic (exact) mass is 353 g/mol. The van der Waals surface area contributed by atoms with E-state index in [0.717, 1.165) is 11.3 Å². The maximum absolute atomic E-state index is 14.8. The van der Waals surface area contributed by atoms with Crippen molar-refractivity contribution in [2.75, 3.05) is 18.0 Å². The van der Waals surface area contributed by atoms with Gasteiger partial charge < -0.3 is 9.64 Å². The molecule has 24 heavy (non-hydrogen) atoms. The van der Waals surface area contributed by atoms with E-state index in [9.17, 15) is 13.6 Å². The average molecular weight is 353 g/mol. The fourth-order valence-corrected chi connectivity index (χ4v) is 3.67. The van der Waals surface area contributed by atoms with E-state index in [4.69, 9.17) is 4.74 Å². The van der Waals surface area contributed by atoms with E-state index in [-0.39, 0.29) is 34.0 Å². The van der Waals surface area contributed by atoms with E-state index in [0.29, 0.717) is 24.4 Å². The molecular weight excluding hydrogens is 336 g/mol. The first-order valence-corrected chi connectivity index (χ1v) is 8.40. The summed E-state index contributed by atoms with van der Waals surface area (Å²) in [4.78, 5) is 13.2. The second kappa shape index (κ2) is 6.52. The number of carbonyl (C=O) groups is 1. The van der Waals surface area contributed by atoms with Crippen LogP contribution >= 0.6 is 11.3 Å². The SMILES string of the molecule is Cc1nnc(-c2cc(C=O)c(N3C[C@@H](C)O[C@H](C)C3)c(F)c2F)s1. The largest absolute Gasteiger partial charge is 0.372 e. The summed E-state index contributed by atoms with van der Waals surface area (Å²) >= 11 is 1.15. The zero-order valence-electron chi connectivity index (χ0n) is 13.5. The van der Waals surface area contributed by atoms with Crippen molar-refractivity contribution in [3.63, 3.8) is 0 Å². The number of hydrogen-bond donors (Lipinski definition) is 0. The summed E-state index contributed by atoms with van der Waals surface area (Å²) < 4.78 is 35.0. The number of benzene rings is 1. The van der Waals surface area contributed by atoms with Gasteiger partial charge in [0.2, 0.25) is 0 Å². The zero-order chi connectivity index (χ0) is 17.4. The highest BCUT2D eigenvalue weighted by Gasteiger charge is 2.29. The van der Waals surface area contributed by atoms with E-state index in [1.807, 2.05) is 13.8 Å². The zero-order valence-corrected chi connectivity index (χ0v) is 14.4. The van der Waals surface area contributed by atoms with Gasteiger partial charge in [-0.1, -0.05) is 11.3 Å². The van der Waals surface area contributed by atoms with Gasteiger partial charge in [0.05, 0.1) is 23.5 Å². The summed E-state index contributed by atoms with van der Waals surface area (Å²) in [6, 6.07) is 1.34. The summed E-state index contributed by atoms with van der Waals surface area (Å²) in [5.41, 5.74) is 0.0332. The second-order valence-electron chi connectivity index (χ2n) is 5.90. The molecule has 1 saturated heterocycles. The van der Waals surface area contributed by atoms with E-state index < -0.39 is 11.6 Å². The smallest absolute Gasteiger partial charge is 0.183 e. The van der Waals surface area contributed by atoms with Crippen molar-refractivity contribution in [3.05, 3.63) is 28.3 Å². The Kier molecular flexibility index (Phi) is 4.60. The van der Waals surface area contributed by atoms with Crippen LogP contribution in [0.25, 0.3) is 10.6 Å². The fourth-order valence-electron chi connectivity index (χ4n) is 2.97. The highest BCUT2D eigenvalue weighted by atomic mass is 32.1. The predicted molar refractivity (Wildman–Crippen MR) is 87.6 cm³/mol. The molecule has 0 bridgehead atoms. The lowest BCUT2D eigenvalue weighted by Gasteiger charge is -2.37. The topological polar surface area (TPSA) is 55.3 Å². The van der Waals surface area contributed by atoms with Crippen LogP contribution in [0.1, 0.15) is 29.2 Å². The van der Waals surface area contributed by atoms with Crippen LogP contribution in [-0.2, 0) is 4.74 Å². The van der Waals surface area contributed by atoms with Crippen molar-refractivity contribution in [1.29, 1.82) is 0 Å². The van der Waals surface area contributed by atoms with Crippen LogP contribution in [0.3, 0.4) is 0 Å². The normalized spacial score (nSPS) is 21.1. The van der Waals surface area contributed by atoms with Gasteiger partial charge in [0, 0.05) is 18.7 Å². The molecule has 1 aromatic heterocycles. The number of carbonyl (C=O) groups excluding carboxylic acids is 1. The number of aldehydes is 1. The first kappa shape index (κ1) is 16.9. The van der Waals surface area contributed by atoms with Gasteiger partial charge in [-0.2, -0.15) is 0 Å². The van der Waals surface area contributed by atoms with Crippen molar-refractivity contribution in [2.45, 2.75) is 33.0 Å². The fraction of sp³-hybridized carbons (Fsp3) is 0.438. The molecule has 1 aliphatic rings. The molecule has 1 aliphatic heterocycles. The molecule has 0 spiro atoms. The average Bonchev–Trinajstić information content (AvgIpc) is 2.94. The summed E-state index contributed by atoms with van der Waals surface area (Å²) in [5.74, 6) is -2.05. The number of halogens is 2. The molecule has 1 fully saturated rings. The number of rotatable bonds is 3. The number of hydrogen-bond acceptors (Lipinski definition) is 6. The van der Waals surface area contributed by atoms with Crippen LogP contribution in [0.5, 0.6) is 0 Å². The third-order valence-corrected chi connectivity index (χ3v) is 4.70. The highest BCUT2D eigenvalue weighted by Crippen LogP contribution is 2.35. The number of anilines is 1. The molecule has 0 radical (unpaired) electrons. The van der Waals surface area contributed by atoms with E-state index in [2.05, 4.69) is 10.2 Å². The Hall–Kier alpha value is -1.93. The van der Waals surface area contributed by atoms with Gasteiger partial charge in [0.25, 0.3) is 0 Å². The van der Waals surface area contributed by atoms with Gasteiger partial charge in [-0.15, -0.1) is 10.2 Å². The summed E-state index contributed by atoms with van der Waals surface area (Å²) in [5, 5.41) is 8.55. The number of nitrogens with zero attached hydrogens (tertiary/aromatic N) is 3.